The van der Waals surface area contributed by atoms with Gasteiger partial charge in [-0.2, -0.15) is 0 Å². The Labute approximate surface area is 112 Å². The highest BCUT2D eigenvalue weighted by atomic mass is 79.9. The second-order valence-electron chi connectivity index (χ2n) is 3.50. The number of carbonyl (C=O) groups is 1. The number of anilines is 1. The molecule has 3 nitrogen and oxygen atoms in total. The van der Waals surface area contributed by atoms with Crippen molar-refractivity contribution in [3.63, 3.8) is 0 Å². The number of methoxy groups -OCH3 is 1. The van der Waals surface area contributed by atoms with Crippen molar-refractivity contribution in [2.75, 3.05) is 19.0 Å². The first-order chi connectivity index (χ1) is 8.45. The third-order valence-electron chi connectivity index (χ3n) is 2.20. The first-order valence-corrected chi connectivity index (χ1v) is 5.88. The van der Waals surface area contributed by atoms with E-state index in [1.54, 1.807) is 13.0 Å². The first-order valence-electron chi connectivity index (χ1n) is 5.09. The molecule has 0 radical (unpaired) electrons. The molecule has 0 atom stereocenters. The van der Waals surface area contributed by atoms with Gasteiger partial charge in [-0.1, -0.05) is 6.08 Å². The van der Waals surface area contributed by atoms with Gasteiger partial charge in [0.2, 0.25) is 0 Å². The Balaban J connectivity index is 2.73. The SMILES string of the molecule is COC(=O)C(C)=CCNc1c(F)cc(F)cc1Br. The molecule has 0 saturated carbocycles. The molecule has 0 fully saturated rings. The lowest BCUT2D eigenvalue weighted by Crippen LogP contribution is -2.07. The molecule has 98 valence electrons. The fourth-order valence-corrected chi connectivity index (χ4v) is 1.81. The fraction of sp³-hybridized carbons (Fsp3) is 0.250. The van der Waals surface area contributed by atoms with Crippen LogP contribution in [-0.2, 0) is 9.53 Å². The van der Waals surface area contributed by atoms with Crippen LogP contribution in [0, 0.1) is 11.6 Å². The minimum atomic E-state index is -0.703. The number of carbonyl (C=O) groups excluding carboxylic acids is 1. The summed E-state index contributed by atoms with van der Waals surface area (Å²) in [6, 6.07) is 1.94. The monoisotopic (exact) mass is 319 g/mol. The van der Waals surface area contributed by atoms with Crippen LogP contribution in [0.1, 0.15) is 6.92 Å². The zero-order valence-electron chi connectivity index (χ0n) is 9.89. The lowest BCUT2D eigenvalue weighted by Gasteiger charge is -2.08. The van der Waals surface area contributed by atoms with Crippen LogP contribution in [0.25, 0.3) is 0 Å². The molecule has 1 N–H and O–H groups in total. The summed E-state index contributed by atoms with van der Waals surface area (Å²) in [4.78, 5) is 11.1. The zero-order valence-corrected chi connectivity index (χ0v) is 11.5. The van der Waals surface area contributed by atoms with Gasteiger partial charge in [-0.15, -0.1) is 0 Å². The smallest absolute Gasteiger partial charge is 0.333 e. The molecule has 0 bridgehead atoms. The number of hydrogen-bond acceptors (Lipinski definition) is 3. The molecule has 0 aliphatic carbocycles. The van der Waals surface area contributed by atoms with Gasteiger partial charge in [0.15, 0.2) is 0 Å². The third-order valence-corrected chi connectivity index (χ3v) is 2.83. The molecule has 0 amide bonds. The van der Waals surface area contributed by atoms with Gasteiger partial charge < -0.3 is 10.1 Å². The molecule has 0 aliphatic rings. The molecule has 1 rings (SSSR count). The van der Waals surface area contributed by atoms with Crippen molar-refractivity contribution in [3.05, 3.63) is 39.9 Å². The Kier molecular flexibility index (Phi) is 5.27. The Morgan fingerprint density at radius 3 is 2.72 bits per heavy atom. The predicted octanol–water partition coefficient (Wildman–Crippen LogP) is 3.26. The van der Waals surface area contributed by atoms with E-state index in [0.29, 0.717) is 5.57 Å². The predicted molar refractivity (Wildman–Crippen MR) is 68.3 cm³/mol. The van der Waals surface area contributed by atoms with E-state index in [9.17, 15) is 13.6 Å². The molecule has 0 aliphatic heterocycles. The Morgan fingerprint density at radius 2 is 2.17 bits per heavy atom. The van der Waals surface area contributed by atoms with Crippen LogP contribution in [0.4, 0.5) is 14.5 Å². The largest absolute Gasteiger partial charge is 0.466 e. The third kappa shape index (κ3) is 3.80. The maximum atomic E-state index is 13.4. The van der Waals surface area contributed by atoms with Gasteiger partial charge in [0, 0.05) is 22.7 Å². The summed E-state index contributed by atoms with van der Waals surface area (Å²) in [5, 5.41) is 2.75. The topological polar surface area (TPSA) is 38.3 Å². The van der Waals surface area contributed by atoms with Crippen LogP contribution in [-0.4, -0.2) is 19.6 Å². The summed E-state index contributed by atoms with van der Waals surface area (Å²) in [5.74, 6) is -1.81. The second-order valence-corrected chi connectivity index (χ2v) is 4.36. The van der Waals surface area contributed by atoms with Gasteiger partial charge in [-0.3, -0.25) is 0 Å². The minimum Gasteiger partial charge on any atom is -0.466 e. The van der Waals surface area contributed by atoms with Crippen molar-refractivity contribution in [3.8, 4) is 0 Å². The van der Waals surface area contributed by atoms with Crippen LogP contribution in [0.5, 0.6) is 0 Å². The van der Waals surface area contributed by atoms with E-state index in [0.717, 1.165) is 12.1 Å². The van der Waals surface area contributed by atoms with E-state index in [2.05, 4.69) is 26.0 Å². The highest BCUT2D eigenvalue weighted by Gasteiger charge is 2.09. The van der Waals surface area contributed by atoms with Crippen molar-refractivity contribution in [2.45, 2.75) is 6.92 Å². The number of rotatable bonds is 4. The Morgan fingerprint density at radius 1 is 1.50 bits per heavy atom. The highest BCUT2D eigenvalue weighted by molar-refractivity contribution is 9.10. The molecule has 18 heavy (non-hydrogen) atoms. The summed E-state index contributed by atoms with van der Waals surface area (Å²) in [7, 11) is 1.28. The van der Waals surface area contributed by atoms with E-state index in [1.807, 2.05) is 0 Å². The molecule has 0 unspecified atom stereocenters. The molecule has 0 aromatic heterocycles. The second kappa shape index (κ2) is 6.49. The van der Waals surface area contributed by atoms with Crippen molar-refractivity contribution in [1.29, 1.82) is 0 Å². The van der Waals surface area contributed by atoms with Crippen LogP contribution >= 0.6 is 15.9 Å². The number of esters is 1. The first kappa shape index (κ1) is 14.6. The highest BCUT2D eigenvalue weighted by Crippen LogP contribution is 2.26. The van der Waals surface area contributed by atoms with E-state index in [4.69, 9.17) is 0 Å². The number of nitrogens with one attached hydrogen (secondary N) is 1. The summed E-state index contributed by atoms with van der Waals surface area (Å²) in [6.07, 6.45) is 1.56. The quantitative estimate of drug-likeness (QED) is 0.684. The minimum absolute atomic E-state index is 0.144. The molecule has 0 spiro atoms. The van der Waals surface area contributed by atoms with Crippen LogP contribution in [0.2, 0.25) is 0 Å². The van der Waals surface area contributed by atoms with Gasteiger partial charge in [-0.25, -0.2) is 13.6 Å². The Hall–Kier alpha value is -1.43. The molecule has 6 heteroatoms. The van der Waals surface area contributed by atoms with Gasteiger partial charge in [0.05, 0.1) is 12.8 Å². The van der Waals surface area contributed by atoms with E-state index < -0.39 is 17.6 Å². The number of hydrogen-bond donors (Lipinski definition) is 1. The van der Waals surface area contributed by atoms with E-state index >= 15 is 0 Å². The standard InChI is InChI=1S/C12H12BrF2NO2/c1-7(12(17)18-2)3-4-16-11-9(13)5-8(14)6-10(11)15/h3,5-6,16H,4H2,1-2H3. The number of benzene rings is 1. The summed E-state index contributed by atoms with van der Waals surface area (Å²) < 4.78 is 31.0. The van der Waals surface area contributed by atoms with Gasteiger partial charge in [0.25, 0.3) is 0 Å². The van der Waals surface area contributed by atoms with Crippen molar-refractivity contribution >= 4 is 27.6 Å². The Bertz CT molecular complexity index is 466. The lowest BCUT2D eigenvalue weighted by molar-refractivity contribution is -0.136. The van der Waals surface area contributed by atoms with Crippen molar-refractivity contribution < 1.29 is 18.3 Å². The van der Waals surface area contributed by atoms with Crippen LogP contribution in [0.15, 0.2) is 28.3 Å². The number of ether oxygens (including phenoxy) is 1. The summed E-state index contributed by atoms with van der Waals surface area (Å²) >= 11 is 3.05. The molecule has 1 aromatic rings. The van der Waals surface area contributed by atoms with E-state index in [-0.39, 0.29) is 16.7 Å². The van der Waals surface area contributed by atoms with Crippen LogP contribution in [0.3, 0.4) is 0 Å². The summed E-state index contributed by atoms with van der Waals surface area (Å²) in [5.41, 5.74) is 0.550. The van der Waals surface area contributed by atoms with E-state index in [1.165, 1.54) is 7.11 Å². The summed E-state index contributed by atoms with van der Waals surface area (Å²) in [6.45, 7) is 1.81. The average molecular weight is 320 g/mol. The van der Waals surface area contributed by atoms with Crippen LogP contribution < -0.4 is 5.32 Å². The molecule has 0 heterocycles. The van der Waals surface area contributed by atoms with Crippen molar-refractivity contribution in [1.82, 2.24) is 0 Å². The van der Waals surface area contributed by atoms with Gasteiger partial charge >= 0.3 is 5.97 Å². The van der Waals surface area contributed by atoms with Crippen molar-refractivity contribution in [2.24, 2.45) is 0 Å². The van der Waals surface area contributed by atoms with Gasteiger partial charge in [0.1, 0.15) is 11.6 Å². The fourth-order valence-electron chi connectivity index (χ4n) is 1.26. The molecular formula is C12H12BrF2NO2. The average Bonchev–Trinajstić information content (AvgIpc) is 2.31. The maximum Gasteiger partial charge on any atom is 0.333 e. The lowest BCUT2D eigenvalue weighted by atomic mass is 10.2. The molecule has 1 aromatic carbocycles. The zero-order chi connectivity index (χ0) is 13.7. The normalized spacial score (nSPS) is 11.3. The maximum absolute atomic E-state index is 13.4. The van der Waals surface area contributed by atoms with Gasteiger partial charge in [-0.05, 0) is 28.9 Å². The molecule has 0 saturated heterocycles. The molecular weight excluding hydrogens is 308 g/mol. The number of halogens is 3.